The first kappa shape index (κ1) is 13.2. The summed E-state index contributed by atoms with van der Waals surface area (Å²) in [5, 5.41) is 4.41. The average molecular weight is 283 g/mol. The smallest absolute Gasteiger partial charge is 0.157 e. The van der Waals surface area contributed by atoms with Crippen LogP contribution < -0.4 is 5.32 Å². The van der Waals surface area contributed by atoms with Crippen molar-refractivity contribution in [3.8, 4) is 0 Å². The fourth-order valence-corrected chi connectivity index (χ4v) is 3.04. The Hall–Kier alpha value is -1.81. The lowest BCUT2D eigenvalue weighted by Crippen LogP contribution is -2.15. The van der Waals surface area contributed by atoms with Crippen LogP contribution in [0.25, 0.3) is 0 Å². The van der Waals surface area contributed by atoms with E-state index in [0.717, 1.165) is 23.9 Å². The second-order valence-electron chi connectivity index (χ2n) is 4.70. The molecule has 102 valence electrons. The Labute approximate surface area is 123 Å². The van der Waals surface area contributed by atoms with Crippen LogP contribution in [0.15, 0.2) is 59.9 Å². The third-order valence-corrected chi connectivity index (χ3v) is 4.18. The van der Waals surface area contributed by atoms with Gasteiger partial charge in [0.05, 0.1) is 6.04 Å². The van der Waals surface area contributed by atoms with Crippen molar-refractivity contribution < 1.29 is 0 Å². The van der Waals surface area contributed by atoms with Crippen molar-refractivity contribution in [2.75, 3.05) is 12.3 Å². The molecule has 1 aliphatic heterocycles. The third kappa shape index (κ3) is 3.39. The van der Waals surface area contributed by atoms with Crippen LogP contribution in [0.5, 0.6) is 0 Å². The zero-order valence-corrected chi connectivity index (χ0v) is 12.0. The molecule has 3 nitrogen and oxygen atoms in total. The van der Waals surface area contributed by atoms with Crippen molar-refractivity contribution in [3.05, 3.63) is 66.0 Å². The van der Waals surface area contributed by atoms with Gasteiger partial charge in [-0.1, -0.05) is 42.1 Å². The number of aromatic nitrogens is 1. The number of thioether (sulfide) groups is 1. The van der Waals surface area contributed by atoms with Gasteiger partial charge in [-0.25, -0.2) is 0 Å². The maximum absolute atomic E-state index is 4.89. The van der Waals surface area contributed by atoms with E-state index < -0.39 is 0 Å². The Morgan fingerprint density at radius 1 is 1.15 bits per heavy atom. The molecule has 0 radical (unpaired) electrons. The molecule has 4 heteroatoms. The minimum Gasteiger partial charge on any atom is -0.364 e. The molecule has 1 aromatic carbocycles. The van der Waals surface area contributed by atoms with Gasteiger partial charge in [0.2, 0.25) is 0 Å². The number of nitrogens with one attached hydrogen (secondary N) is 1. The number of rotatable bonds is 4. The summed E-state index contributed by atoms with van der Waals surface area (Å²) in [6.07, 6.45) is 4.58. The van der Waals surface area contributed by atoms with Crippen molar-refractivity contribution in [2.24, 2.45) is 4.99 Å². The van der Waals surface area contributed by atoms with Gasteiger partial charge in [-0.05, 0) is 29.7 Å². The molecule has 1 aromatic heterocycles. The Bertz CT molecular complexity index is 561. The zero-order valence-electron chi connectivity index (χ0n) is 11.2. The number of hydrogen-bond donors (Lipinski definition) is 1. The SMILES string of the molecule is c1ccc([C@@H](Cc2ccncc2)N=C2NCCS2)cc1. The normalized spacial score (nSPS) is 17.9. The number of nitrogens with zero attached hydrogens (tertiary/aromatic N) is 2. The predicted molar refractivity (Wildman–Crippen MR) is 85.0 cm³/mol. The van der Waals surface area contributed by atoms with Gasteiger partial charge in [0, 0.05) is 24.7 Å². The molecule has 0 spiro atoms. The van der Waals surface area contributed by atoms with Crippen LogP contribution in [0, 0.1) is 0 Å². The Kier molecular flexibility index (Phi) is 4.33. The summed E-state index contributed by atoms with van der Waals surface area (Å²) in [6, 6.07) is 14.8. The fraction of sp³-hybridized carbons (Fsp3) is 0.250. The minimum absolute atomic E-state index is 0.159. The highest BCUT2D eigenvalue weighted by molar-refractivity contribution is 8.14. The second kappa shape index (κ2) is 6.57. The third-order valence-electron chi connectivity index (χ3n) is 3.25. The van der Waals surface area contributed by atoms with Gasteiger partial charge in [-0.2, -0.15) is 0 Å². The van der Waals surface area contributed by atoms with Crippen LogP contribution in [0.3, 0.4) is 0 Å². The molecular formula is C16H17N3S. The molecule has 2 aromatic rings. The van der Waals surface area contributed by atoms with Gasteiger partial charge in [-0.15, -0.1) is 0 Å². The highest BCUT2D eigenvalue weighted by Crippen LogP contribution is 2.24. The summed E-state index contributed by atoms with van der Waals surface area (Å²) >= 11 is 1.80. The van der Waals surface area contributed by atoms with Crippen LogP contribution in [0.4, 0.5) is 0 Å². The molecule has 1 atom stereocenters. The van der Waals surface area contributed by atoms with Crippen LogP contribution in [-0.2, 0) is 6.42 Å². The fourth-order valence-electron chi connectivity index (χ4n) is 2.24. The van der Waals surface area contributed by atoms with Gasteiger partial charge in [-0.3, -0.25) is 9.98 Å². The van der Waals surface area contributed by atoms with Crippen LogP contribution in [0.1, 0.15) is 17.2 Å². The first-order chi connectivity index (χ1) is 9.92. The molecule has 0 bridgehead atoms. The van der Waals surface area contributed by atoms with E-state index >= 15 is 0 Å². The Morgan fingerprint density at radius 3 is 2.65 bits per heavy atom. The molecule has 1 aliphatic rings. The average Bonchev–Trinajstić information content (AvgIpc) is 3.02. The van der Waals surface area contributed by atoms with Gasteiger partial charge in [0.1, 0.15) is 0 Å². The number of aliphatic imine (C=N–C) groups is 1. The van der Waals surface area contributed by atoms with E-state index in [-0.39, 0.29) is 6.04 Å². The van der Waals surface area contributed by atoms with Gasteiger partial charge >= 0.3 is 0 Å². The summed E-state index contributed by atoms with van der Waals surface area (Å²) in [5.74, 6) is 1.11. The summed E-state index contributed by atoms with van der Waals surface area (Å²) < 4.78 is 0. The molecule has 1 fully saturated rings. The lowest BCUT2D eigenvalue weighted by atomic mass is 10.0. The van der Waals surface area contributed by atoms with Crippen molar-refractivity contribution in [1.82, 2.24) is 10.3 Å². The van der Waals surface area contributed by atoms with Gasteiger partial charge in [0.25, 0.3) is 0 Å². The monoisotopic (exact) mass is 283 g/mol. The highest BCUT2D eigenvalue weighted by atomic mass is 32.2. The predicted octanol–water partition coefficient (Wildman–Crippen LogP) is 3.06. The Balaban J connectivity index is 1.85. The molecule has 1 N–H and O–H groups in total. The number of amidine groups is 1. The molecule has 0 saturated carbocycles. The summed E-state index contributed by atoms with van der Waals surface area (Å²) in [5.41, 5.74) is 2.52. The lowest BCUT2D eigenvalue weighted by molar-refractivity contribution is 0.721. The molecule has 20 heavy (non-hydrogen) atoms. The van der Waals surface area contributed by atoms with E-state index in [1.165, 1.54) is 11.1 Å². The maximum atomic E-state index is 4.89. The van der Waals surface area contributed by atoms with E-state index in [4.69, 9.17) is 4.99 Å². The topological polar surface area (TPSA) is 37.3 Å². The van der Waals surface area contributed by atoms with E-state index in [1.54, 1.807) is 11.8 Å². The summed E-state index contributed by atoms with van der Waals surface area (Å²) in [6.45, 7) is 1.01. The standard InChI is InChI=1S/C16H17N3S/c1-2-4-14(5-3-1)15(19-16-18-10-11-20-16)12-13-6-8-17-9-7-13/h1-9,15H,10-12H2,(H,18,19)/t15-/m1/s1. The summed E-state index contributed by atoms with van der Waals surface area (Å²) in [4.78, 5) is 8.97. The zero-order chi connectivity index (χ0) is 13.6. The maximum Gasteiger partial charge on any atom is 0.157 e. The van der Waals surface area contributed by atoms with Gasteiger partial charge < -0.3 is 5.32 Å². The molecule has 0 unspecified atom stereocenters. The van der Waals surface area contributed by atoms with Crippen LogP contribution >= 0.6 is 11.8 Å². The number of benzene rings is 1. The molecule has 0 amide bonds. The van der Waals surface area contributed by atoms with Crippen molar-refractivity contribution >= 4 is 16.9 Å². The van der Waals surface area contributed by atoms with E-state index in [1.807, 2.05) is 18.5 Å². The number of hydrogen-bond acceptors (Lipinski definition) is 3. The Morgan fingerprint density at radius 2 is 1.95 bits per heavy atom. The van der Waals surface area contributed by atoms with Crippen molar-refractivity contribution in [2.45, 2.75) is 12.5 Å². The minimum atomic E-state index is 0.159. The lowest BCUT2D eigenvalue weighted by Gasteiger charge is -2.14. The first-order valence-electron chi connectivity index (χ1n) is 6.80. The number of pyridine rings is 1. The quantitative estimate of drug-likeness (QED) is 0.937. The second-order valence-corrected chi connectivity index (χ2v) is 5.78. The van der Waals surface area contributed by atoms with Crippen molar-refractivity contribution in [3.63, 3.8) is 0 Å². The largest absolute Gasteiger partial charge is 0.364 e. The first-order valence-corrected chi connectivity index (χ1v) is 7.79. The van der Waals surface area contributed by atoms with E-state index in [9.17, 15) is 0 Å². The molecule has 0 aliphatic carbocycles. The highest BCUT2D eigenvalue weighted by Gasteiger charge is 2.15. The van der Waals surface area contributed by atoms with E-state index in [0.29, 0.717) is 0 Å². The van der Waals surface area contributed by atoms with Crippen LogP contribution in [0.2, 0.25) is 0 Å². The molecule has 3 rings (SSSR count). The summed E-state index contributed by atoms with van der Waals surface area (Å²) in [7, 11) is 0. The van der Waals surface area contributed by atoms with Crippen LogP contribution in [-0.4, -0.2) is 22.4 Å². The van der Waals surface area contributed by atoms with Crippen molar-refractivity contribution in [1.29, 1.82) is 0 Å². The van der Waals surface area contributed by atoms with Gasteiger partial charge in [0.15, 0.2) is 5.17 Å². The molecular weight excluding hydrogens is 266 g/mol. The molecule has 2 heterocycles. The van der Waals surface area contributed by atoms with E-state index in [2.05, 4.69) is 46.7 Å². The molecule has 1 saturated heterocycles.